The van der Waals surface area contributed by atoms with Crippen LogP contribution in [0.5, 0.6) is 5.75 Å². The first-order valence-electron chi connectivity index (χ1n) is 8.66. The van der Waals surface area contributed by atoms with E-state index in [-0.39, 0.29) is 6.04 Å². The lowest BCUT2D eigenvalue weighted by Gasteiger charge is -2.17. The quantitative estimate of drug-likeness (QED) is 0.399. The molecule has 0 aliphatic rings. The van der Waals surface area contributed by atoms with Gasteiger partial charge in [-0.05, 0) is 48.4 Å². The summed E-state index contributed by atoms with van der Waals surface area (Å²) in [6, 6.07) is 22.2. The fraction of sp³-hybridized carbons (Fsp3) is 0.182. The Hall–Kier alpha value is -1.52. The second-order valence-corrected chi connectivity index (χ2v) is 8.03. The average molecular weight is 465 g/mol. The molecule has 5 heteroatoms. The highest BCUT2D eigenvalue weighted by atomic mass is 79.9. The minimum Gasteiger partial charge on any atom is -0.489 e. The standard InChI is InChI=1S/C22H20BrCl2NO/c1-15(17-5-3-2-4-6-17)26-13-18-12-19(23)8-10-22(18)27-14-16-7-9-20(24)21(25)11-16/h2-12,15,26H,13-14H2,1H3/t15-/m1/s1. The first-order chi connectivity index (χ1) is 13.0. The SMILES string of the molecule is C[C@@H](NCc1cc(Br)ccc1OCc1ccc(Cl)c(Cl)c1)c1ccccc1. The molecule has 3 aromatic rings. The van der Waals surface area contributed by atoms with Gasteiger partial charge in [-0.25, -0.2) is 0 Å². The fourth-order valence-electron chi connectivity index (χ4n) is 2.74. The smallest absolute Gasteiger partial charge is 0.124 e. The summed E-state index contributed by atoms with van der Waals surface area (Å²) in [5, 5.41) is 4.64. The van der Waals surface area contributed by atoms with Crippen molar-refractivity contribution >= 4 is 39.1 Å². The van der Waals surface area contributed by atoms with Gasteiger partial charge in [-0.1, -0.05) is 75.5 Å². The molecule has 0 heterocycles. The molecule has 0 aromatic heterocycles. The lowest BCUT2D eigenvalue weighted by molar-refractivity contribution is 0.301. The first kappa shape index (κ1) is 20.2. The molecule has 0 aliphatic carbocycles. The molecule has 0 spiro atoms. The summed E-state index contributed by atoms with van der Waals surface area (Å²) < 4.78 is 7.07. The second kappa shape index (κ2) is 9.61. The molecule has 0 saturated carbocycles. The Kier molecular flexibility index (Phi) is 7.20. The number of hydrogen-bond acceptors (Lipinski definition) is 2. The van der Waals surface area contributed by atoms with E-state index < -0.39 is 0 Å². The fourth-order valence-corrected chi connectivity index (χ4v) is 3.47. The van der Waals surface area contributed by atoms with Gasteiger partial charge in [0.2, 0.25) is 0 Å². The van der Waals surface area contributed by atoms with E-state index >= 15 is 0 Å². The zero-order valence-electron chi connectivity index (χ0n) is 14.9. The lowest BCUT2D eigenvalue weighted by atomic mass is 10.1. The molecule has 0 bridgehead atoms. The zero-order chi connectivity index (χ0) is 19.2. The van der Waals surface area contributed by atoms with E-state index in [0.717, 1.165) is 21.3 Å². The molecule has 1 N–H and O–H groups in total. The highest BCUT2D eigenvalue weighted by molar-refractivity contribution is 9.10. The predicted octanol–water partition coefficient (Wildman–Crippen LogP) is 7.19. The topological polar surface area (TPSA) is 21.3 Å². The van der Waals surface area contributed by atoms with Crippen LogP contribution in [0.25, 0.3) is 0 Å². The van der Waals surface area contributed by atoms with Crippen molar-refractivity contribution in [3.63, 3.8) is 0 Å². The van der Waals surface area contributed by atoms with Crippen LogP contribution >= 0.6 is 39.1 Å². The third-order valence-corrected chi connectivity index (χ3v) is 5.53. The van der Waals surface area contributed by atoms with Crippen LogP contribution in [0.4, 0.5) is 0 Å². The lowest BCUT2D eigenvalue weighted by Crippen LogP contribution is -2.18. The summed E-state index contributed by atoms with van der Waals surface area (Å²) >= 11 is 15.6. The minimum atomic E-state index is 0.244. The van der Waals surface area contributed by atoms with E-state index in [1.54, 1.807) is 6.07 Å². The third kappa shape index (κ3) is 5.73. The second-order valence-electron chi connectivity index (χ2n) is 6.30. The monoisotopic (exact) mass is 463 g/mol. The van der Waals surface area contributed by atoms with Gasteiger partial charge in [-0.2, -0.15) is 0 Å². The van der Waals surface area contributed by atoms with Crippen LogP contribution in [-0.2, 0) is 13.2 Å². The van der Waals surface area contributed by atoms with Gasteiger partial charge >= 0.3 is 0 Å². The van der Waals surface area contributed by atoms with E-state index in [2.05, 4.69) is 58.5 Å². The maximum absolute atomic E-state index is 6.09. The summed E-state index contributed by atoms with van der Waals surface area (Å²) in [5.41, 5.74) is 3.32. The van der Waals surface area contributed by atoms with Crippen molar-refractivity contribution in [1.29, 1.82) is 0 Å². The van der Waals surface area contributed by atoms with Gasteiger partial charge in [-0.3, -0.25) is 0 Å². The molecule has 0 aliphatic heterocycles. The molecule has 0 fully saturated rings. The molecule has 2 nitrogen and oxygen atoms in total. The van der Waals surface area contributed by atoms with E-state index in [1.807, 2.05) is 30.3 Å². The largest absolute Gasteiger partial charge is 0.489 e. The maximum atomic E-state index is 6.09. The molecule has 1 atom stereocenters. The van der Waals surface area contributed by atoms with E-state index in [4.69, 9.17) is 27.9 Å². The summed E-state index contributed by atoms with van der Waals surface area (Å²) in [6.45, 7) is 3.29. The van der Waals surface area contributed by atoms with Gasteiger partial charge in [0.15, 0.2) is 0 Å². The van der Waals surface area contributed by atoms with E-state index in [1.165, 1.54) is 5.56 Å². The Morgan fingerprint density at radius 2 is 1.74 bits per heavy atom. The molecule has 3 aromatic carbocycles. The van der Waals surface area contributed by atoms with E-state index in [0.29, 0.717) is 23.2 Å². The van der Waals surface area contributed by atoms with Gasteiger partial charge in [0, 0.05) is 22.6 Å². The molecule has 27 heavy (non-hydrogen) atoms. The van der Waals surface area contributed by atoms with Crippen molar-refractivity contribution in [2.24, 2.45) is 0 Å². The van der Waals surface area contributed by atoms with Gasteiger partial charge in [0.1, 0.15) is 12.4 Å². The predicted molar refractivity (Wildman–Crippen MR) is 117 cm³/mol. The molecule has 140 valence electrons. The maximum Gasteiger partial charge on any atom is 0.124 e. The molecule has 0 radical (unpaired) electrons. The molecule has 0 saturated heterocycles. The van der Waals surface area contributed by atoms with Gasteiger partial charge in [-0.15, -0.1) is 0 Å². The number of hydrogen-bond donors (Lipinski definition) is 1. The number of nitrogens with one attached hydrogen (secondary N) is 1. The zero-order valence-corrected chi connectivity index (χ0v) is 18.0. The van der Waals surface area contributed by atoms with Crippen LogP contribution in [0.2, 0.25) is 10.0 Å². The van der Waals surface area contributed by atoms with Crippen molar-refractivity contribution in [2.45, 2.75) is 26.1 Å². The van der Waals surface area contributed by atoms with Crippen LogP contribution in [0, 0.1) is 0 Å². The first-order valence-corrected chi connectivity index (χ1v) is 10.2. The molecule has 3 rings (SSSR count). The van der Waals surface area contributed by atoms with Crippen LogP contribution in [0.15, 0.2) is 71.2 Å². The summed E-state index contributed by atoms with van der Waals surface area (Å²) in [5.74, 6) is 0.844. The van der Waals surface area contributed by atoms with Crippen molar-refractivity contribution in [3.8, 4) is 5.75 Å². The van der Waals surface area contributed by atoms with Crippen molar-refractivity contribution in [2.75, 3.05) is 0 Å². The molecule has 0 unspecified atom stereocenters. The Morgan fingerprint density at radius 1 is 0.963 bits per heavy atom. The van der Waals surface area contributed by atoms with E-state index in [9.17, 15) is 0 Å². The highest BCUT2D eigenvalue weighted by Gasteiger charge is 2.09. The minimum absolute atomic E-state index is 0.244. The summed E-state index contributed by atoms with van der Waals surface area (Å²) in [7, 11) is 0. The van der Waals surface area contributed by atoms with Gasteiger partial charge < -0.3 is 10.1 Å². The summed E-state index contributed by atoms with van der Waals surface area (Å²) in [6.07, 6.45) is 0. The summed E-state index contributed by atoms with van der Waals surface area (Å²) in [4.78, 5) is 0. The van der Waals surface area contributed by atoms with Crippen molar-refractivity contribution < 1.29 is 4.74 Å². The van der Waals surface area contributed by atoms with Crippen LogP contribution < -0.4 is 10.1 Å². The highest BCUT2D eigenvalue weighted by Crippen LogP contribution is 2.27. The Balaban J connectivity index is 1.68. The number of ether oxygens (including phenoxy) is 1. The van der Waals surface area contributed by atoms with Gasteiger partial charge in [0.05, 0.1) is 10.0 Å². The Morgan fingerprint density at radius 3 is 2.48 bits per heavy atom. The third-order valence-electron chi connectivity index (χ3n) is 4.30. The molecular weight excluding hydrogens is 445 g/mol. The molecule has 0 amide bonds. The molecular formula is C22H20BrCl2NO. The number of rotatable bonds is 7. The van der Waals surface area contributed by atoms with Crippen molar-refractivity contribution in [1.82, 2.24) is 5.32 Å². The van der Waals surface area contributed by atoms with Crippen molar-refractivity contribution in [3.05, 3.63) is 97.9 Å². The Bertz CT molecular complexity index is 902. The van der Waals surface area contributed by atoms with Crippen LogP contribution in [0.3, 0.4) is 0 Å². The average Bonchev–Trinajstić information content (AvgIpc) is 2.68. The van der Waals surface area contributed by atoms with Gasteiger partial charge in [0.25, 0.3) is 0 Å². The van der Waals surface area contributed by atoms with Crippen LogP contribution in [0.1, 0.15) is 29.7 Å². The number of halogens is 3. The Labute approximate surface area is 178 Å². The normalized spacial score (nSPS) is 12.0. The number of benzene rings is 3. The van der Waals surface area contributed by atoms with Crippen LogP contribution in [-0.4, -0.2) is 0 Å².